The number of para-hydroxylation sites is 1. The lowest BCUT2D eigenvalue weighted by atomic mass is 10.1. The Bertz CT molecular complexity index is 561. The summed E-state index contributed by atoms with van der Waals surface area (Å²) in [4.78, 5) is 11.3. The summed E-state index contributed by atoms with van der Waals surface area (Å²) >= 11 is 3.19. The molecule has 4 nitrogen and oxygen atoms in total. The van der Waals surface area contributed by atoms with Crippen LogP contribution < -0.4 is 0 Å². The molecular weight excluding hydrogens is 300 g/mol. The number of rotatable bonds is 4. The van der Waals surface area contributed by atoms with E-state index in [2.05, 4.69) is 20.7 Å². The third kappa shape index (κ3) is 2.57. The van der Waals surface area contributed by atoms with Crippen molar-refractivity contribution in [2.24, 2.45) is 0 Å². The zero-order valence-electron chi connectivity index (χ0n) is 9.85. The van der Waals surface area contributed by atoms with E-state index in [1.165, 1.54) is 7.11 Å². The summed E-state index contributed by atoms with van der Waals surface area (Å²) in [6.45, 7) is 0. The summed E-state index contributed by atoms with van der Waals surface area (Å²) in [5.74, 6) is 0.167. The average molecular weight is 313 g/mol. The maximum atomic E-state index is 11.3. The molecule has 1 aromatic carbocycles. The van der Waals surface area contributed by atoms with E-state index in [1.807, 2.05) is 18.2 Å². The van der Waals surface area contributed by atoms with Gasteiger partial charge in [0.1, 0.15) is 17.4 Å². The van der Waals surface area contributed by atoms with Crippen LogP contribution in [0.25, 0.3) is 11.0 Å². The molecule has 0 aliphatic rings. The van der Waals surface area contributed by atoms with E-state index in [0.29, 0.717) is 16.7 Å². The van der Waals surface area contributed by atoms with Crippen LogP contribution in [0.2, 0.25) is 0 Å². The first-order chi connectivity index (χ1) is 8.65. The molecule has 18 heavy (non-hydrogen) atoms. The second-order valence-corrected chi connectivity index (χ2v) is 4.55. The summed E-state index contributed by atoms with van der Waals surface area (Å²) < 4.78 is 10.3. The number of benzene rings is 1. The topological polar surface area (TPSA) is 59.7 Å². The molecule has 0 aliphatic heterocycles. The van der Waals surface area contributed by atoms with Crippen molar-refractivity contribution >= 4 is 32.9 Å². The summed E-state index contributed by atoms with van der Waals surface area (Å²) in [5.41, 5.74) is 1.38. The first kappa shape index (κ1) is 13.1. The van der Waals surface area contributed by atoms with Gasteiger partial charge >= 0.3 is 5.97 Å². The van der Waals surface area contributed by atoms with E-state index in [1.54, 1.807) is 6.07 Å². The van der Waals surface area contributed by atoms with Crippen LogP contribution in [0.5, 0.6) is 0 Å². The van der Waals surface area contributed by atoms with Gasteiger partial charge in [0, 0.05) is 16.3 Å². The number of aliphatic hydroxyl groups is 1. The molecule has 0 radical (unpaired) electrons. The number of methoxy groups -OCH3 is 1. The lowest BCUT2D eigenvalue weighted by Gasteiger charge is -2.02. The van der Waals surface area contributed by atoms with E-state index in [4.69, 9.17) is 4.42 Å². The lowest BCUT2D eigenvalue weighted by molar-refractivity contribution is -0.139. The smallest absolute Gasteiger partial charge is 0.310 e. The molecule has 1 atom stereocenters. The largest absolute Gasteiger partial charge is 0.469 e. The zero-order valence-corrected chi connectivity index (χ0v) is 11.4. The Balaban J connectivity index is 2.42. The van der Waals surface area contributed by atoms with Gasteiger partial charge in [0.2, 0.25) is 0 Å². The summed E-state index contributed by atoms with van der Waals surface area (Å²) in [6.07, 6.45) is -0.533. The minimum absolute atomic E-state index is 0.158. The second-order valence-electron chi connectivity index (χ2n) is 3.91. The van der Waals surface area contributed by atoms with Gasteiger partial charge in [0.15, 0.2) is 0 Å². The summed E-state index contributed by atoms with van der Waals surface area (Å²) in [5, 5.41) is 11.0. The standard InChI is InChI=1S/C13H13BrO4/c1-17-12(16)6-9-4-2-3-8-5-11(10(15)7-14)18-13(8)9/h2-5,10,15H,6-7H2,1H3. The SMILES string of the molecule is COC(=O)Cc1cccc2cc(C(O)CBr)oc12. The highest BCUT2D eigenvalue weighted by Gasteiger charge is 2.15. The van der Waals surface area contributed by atoms with Crippen molar-refractivity contribution < 1.29 is 19.1 Å². The van der Waals surface area contributed by atoms with Gasteiger partial charge in [0.25, 0.3) is 0 Å². The molecule has 0 bridgehead atoms. The third-order valence-electron chi connectivity index (χ3n) is 2.68. The van der Waals surface area contributed by atoms with Crippen molar-refractivity contribution in [3.05, 3.63) is 35.6 Å². The Labute approximate surface area is 113 Å². The van der Waals surface area contributed by atoms with Crippen LogP contribution in [0.4, 0.5) is 0 Å². The highest BCUT2D eigenvalue weighted by Crippen LogP contribution is 2.27. The summed E-state index contributed by atoms with van der Waals surface area (Å²) in [7, 11) is 1.35. The van der Waals surface area contributed by atoms with Gasteiger partial charge in [-0.3, -0.25) is 4.79 Å². The number of halogens is 1. The maximum Gasteiger partial charge on any atom is 0.310 e. The van der Waals surface area contributed by atoms with Crippen molar-refractivity contribution in [2.75, 3.05) is 12.4 Å². The van der Waals surface area contributed by atoms with Crippen LogP contribution in [-0.2, 0) is 16.0 Å². The molecule has 2 rings (SSSR count). The number of aliphatic hydroxyl groups excluding tert-OH is 1. The molecule has 5 heteroatoms. The quantitative estimate of drug-likeness (QED) is 0.696. The van der Waals surface area contributed by atoms with Crippen molar-refractivity contribution in [3.8, 4) is 0 Å². The number of hydrogen-bond donors (Lipinski definition) is 1. The number of furan rings is 1. The molecule has 96 valence electrons. The van der Waals surface area contributed by atoms with Crippen molar-refractivity contribution in [3.63, 3.8) is 0 Å². The van der Waals surface area contributed by atoms with Crippen molar-refractivity contribution in [1.82, 2.24) is 0 Å². The molecular formula is C13H13BrO4. The van der Waals surface area contributed by atoms with Crippen LogP contribution >= 0.6 is 15.9 Å². The molecule has 1 N–H and O–H groups in total. The Morgan fingerprint density at radius 3 is 3.00 bits per heavy atom. The summed E-state index contributed by atoms with van der Waals surface area (Å²) in [6, 6.07) is 7.32. The monoisotopic (exact) mass is 312 g/mol. The average Bonchev–Trinajstić information content (AvgIpc) is 2.82. The molecule has 1 aromatic heterocycles. The van der Waals surface area contributed by atoms with Crippen molar-refractivity contribution in [2.45, 2.75) is 12.5 Å². The minimum atomic E-state index is -0.691. The van der Waals surface area contributed by atoms with E-state index in [-0.39, 0.29) is 12.4 Å². The normalized spacial score (nSPS) is 12.6. The van der Waals surface area contributed by atoms with Gasteiger partial charge < -0.3 is 14.3 Å². The maximum absolute atomic E-state index is 11.3. The third-order valence-corrected chi connectivity index (χ3v) is 3.30. The van der Waals surface area contributed by atoms with E-state index in [9.17, 15) is 9.90 Å². The van der Waals surface area contributed by atoms with E-state index in [0.717, 1.165) is 10.9 Å². The lowest BCUT2D eigenvalue weighted by Crippen LogP contribution is -2.04. The fourth-order valence-electron chi connectivity index (χ4n) is 1.75. The van der Waals surface area contributed by atoms with E-state index >= 15 is 0 Å². The Morgan fingerprint density at radius 1 is 1.56 bits per heavy atom. The highest BCUT2D eigenvalue weighted by atomic mass is 79.9. The van der Waals surface area contributed by atoms with E-state index < -0.39 is 6.10 Å². The van der Waals surface area contributed by atoms with Gasteiger partial charge in [-0.2, -0.15) is 0 Å². The van der Waals surface area contributed by atoms with Gasteiger partial charge in [-0.15, -0.1) is 0 Å². The predicted molar refractivity (Wildman–Crippen MR) is 70.7 cm³/mol. The zero-order chi connectivity index (χ0) is 13.1. The number of hydrogen-bond acceptors (Lipinski definition) is 4. The second kappa shape index (κ2) is 5.54. The Hall–Kier alpha value is -1.33. The van der Waals surface area contributed by atoms with Crippen LogP contribution in [0.15, 0.2) is 28.7 Å². The molecule has 0 spiro atoms. The molecule has 0 aliphatic carbocycles. The number of esters is 1. The molecule has 1 unspecified atom stereocenters. The molecule has 0 fully saturated rings. The molecule has 0 saturated carbocycles. The number of carbonyl (C=O) groups is 1. The Kier molecular flexibility index (Phi) is 4.04. The van der Waals surface area contributed by atoms with Gasteiger partial charge in [-0.1, -0.05) is 34.1 Å². The molecule has 0 saturated heterocycles. The number of alkyl halides is 1. The Morgan fingerprint density at radius 2 is 2.33 bits per heavy atom. The minimum Gasteiger partial charge on any atom is -0.469 e. The predicted octanol–water partition coefficient (Wildman–Crippen LogP) is 2.58. The van der Waals surface area contributed by atoms with Crippen LogP contribution in [-0.4, -0.2) is 23.5 Å². The van der Waals surface area contributed by atoms with Gasteiger partial charge in [-0.25, -0.2) is 0 Å². The first-order valence-electron chi connectivity index (χ1n) is 5.48. The van der Waals surface area contributed by atoms with Gasteiger partial charge in [0.05, 0.1) is 13.5 Å². The fourth-order valence-corrected chi connectivity index (χ4v) is 2.07. The van der Waals surface area contributed by atoms with Crippen molar-refractivity contribution in [1.29, 1.82) is 0 Å². The van der Waals surface area contributed by atoms with Gasteiger partial charge in [-0.05, 0) is 6.07 Å². The molecule has 0 amide bonds. The fraction of sp³-hybridized carbons (Fsp3) is 0.308. The first-order valence-corrected chi connectivity index (χ1v) is 6.60. The number of ether oxygens (including phenoxy) is 1. The van der Waals surface area contributed by atoms with Crippen LogP contribution in [0.3, 0.4) is 0 Å². The molecule has 2 aromatic rings. The number of carbonyl (C=O) groups excluding carboxylic acids is 1. The highest BCUT2D eigenvalue weighted by molar-refractivity contribution is 9.09. The molecule has 1 heterocycles. The number of fused-ring (bicyclic) bond motifs is 1. The van der Waals surface area contributed by atoms with Crippen LogP contribution in [0, 0.1) is 0 Å². The van der Waals surface area contributed by atoms with Crippen LogP contribution in [0.1, 0.15) is 17.4 Å².